The van der Waals surface area contributed by atoms with E-state index >= 15 is 0 Å². The Balaban J connectivity index is 2.78. The van der Waals surface area contributed by atoms with Gasteiger partial charge in [0.1, 0.15) is 0 Å². The van der Waals surface area contributed by atoms with Crippen LogP contribution in [0.4, 0.5) is 0 Å². The summed E-state index contributed by atoms with van der Waals surface area (Å²) in [6.07, 6.45) is 0. The zero-order valence-corrected chi connectivity index (χ0v) is 8.56. The quantitative estimate of drug-likeness (QED) is 0.726. The Morgan fingerprint density at radius 3 is 2.42 bits per heavy atom. The first kappa shape index (κ1) is 9.67. The zero-order valence-electron chi connectivity index (χ0n) is 7.28. The van der Waals surface area contributed by atoms with Crippen LogP contribution >= 0.6 is 0 Å². The Hall–Kier alpha value is -0.418. The second-order valence-electron chi connectivity index (χ2n) is 2.66. The molecule has 0 aliphatic carbocycles. The Bertz CT molecular complexity index is 256. The Labute approximate surface area is 81.3 Å². The van der Waals surface area contributed by atoms with E-state index in [2.05, 4.69) is 34.9 Å². The van der Waals surface area contributed by atoms with Gasteiger partial charge in [0.05, 0.1) is 0 Å². The Morgan fingerprint density at radius 2 is 1.92 bits per heavy atom. The molecular formula is C10H12CrO. The Morgan fingerprint density at radius 1 is 1.33 bits per heavy atom. The molecule has 0 saturated carbocycles. The van der Waals surface area contributed by atoms with Gasteiger partial charge in [-0.1, -0.05) is 0 Å². The van der Waals surface area contributed by atoms with Gasteiger partial charge in [-0.25, -0.2) is 0 Å². The molecule has 1 aromatic rings. The van der Waals surface area contributed by atoms with Crippen LogP contribution in [0.2, 0.25) is 0 Å². The molecule has 0 bridgehead atoms. The van der Waals surface area contributed by atoms with E-state index in [0.717, 1.165) is 4.57 Å². The van der Waals surface area contributed by atoms with Gasteiger partial charge in [0.2, 0.25) is 0 Å². The van der Waals surface area contributed by atoms with E-state index in [1.807, 2.05) is 18.2 Å². The molecule has 0 saturated heterocycles. The van der Waals surface area contributed by atoms with Crippen LogP contribution in [-0.2, 0) is 20.6 Å². The minimum atomic E-state index is 0.330. The van der Waals surface area contributed by atoms with Gasteiger partial charge in [-0.2, -0.15) is 0 Å². The molecule has 0 aliphatic heterocycles. The Kier molecular flexibility index (Phi) is 3.68. The molecule has 1 nitrogen and oxygen atoms in total. The number of rotatable bonds is 3. The molecule has 64 valence electrons. The molecule has 1 atom stereocenters. The molecule has 12 heavy (non-hydrogen) atoms. The van der Waals surface area contributed by atoms with Crippen LogP contribution in [0.3, 0.4) is 0 Å². The topological polar surface area (TPSA) is 9.23 Å². The second kappa shape index (κ2) is 4.57. The van der Waals surface area contributed by atoms with Crippen molar-refractivity contribution < 1.29 is 20.6 Å². The monoisotopic (exact) mass is 200 g/mol. The molecule has 0 aliphatic rings. The third kappa shape index (κ3) is 2.28. The van der Waals surface area contributed by atoms with Crippen molar-refractivity contribution in [2.75, 3.05) is 7.11 Å². The van der Waals surface area contributed by atoms with Crippen LogP contribution in [0, 0.1) is 0 Å². The van der Waals surface area contributed by atoms with Crippen LogP contribution in [0.25, 0.3) is 0 Å². The van der Waals surface area contributed by atoms with E-state index in [4.69, 9.17) is 4.74 Å². The predicted molar refractivity (Wildman–Crippen MR) is 46.9 cm³/mol. The van der Waals surface area contributed by atoms with E-state index in [0.29, 0.717) is 5.92 Å². The van der Waals surface area contributed by atoms with Crippen molar-refractivity contribution in [2.24, 2.45) is 0 Å². The van der Waals surface area contributed by atoms with Crippen molar-refractivity contribution in [2.45, 2.75) is 12.8 Å². The fourth-order valence-electron chi connectivity index (χ4n) is 1.05. The van der Waals surface area contributed by atoms with Crippen molar-refractivity contribution in [3.8, 4) is 0 Å². The molecule has 1 unspecified atom stereocenters. The van der Waals surface area contributed by atoms with Crippen LogP contribution in [0.1, 0.15) is 18.4 Å². The van der Waals surface area contributed by atoms with Crippen molar-refractivity contribution in [1.82, 2.24) is 0 Å². The van der Waals surface area contributed by atoms with Gasteiger partial charge in [-0.05, 0) is 0 Å². The fourth-order valence-corrected chi connectivity index (χ4v) is 1.27. The molecular weight excluding hydrogens is 188 g/mol. The number of benzene rings is 1. The first-order valence-corrected chi connectivity index (χ1v) is 4.52. The number of hydrogen-bond acceptors (Lipinski definition) is 1. The van der Waals surface area contributed by atoms with Crippen LogP contribution in [0.15, 0.2) is 30.3 Å². The first-order chi connectivity index (χ1) is 5.75. The van der Waals surface area contributed by atoms with Gasteiger partial charge in [0, 0.05) is 0 Å². The molecule has 0 N–H and O–H groups in total. The summed E-state index contributed by atoms with van der Waals surface area (Å²) in [6, 6.07) is 10.3. The van der Waals surface area contributed by atoms with Crippen LogP contribution in [-0.4, -0.2) is 11.7 Å². The van der Waals surface area contributed by atoms with Crippen molar-refractivity contribution >= 4 is 4.57 Å². The molecule has 0 spiro atoms. The summed E-state index contributed by atoms with van der Waals surface area (Å²) in [5.74, 6) is 0.330. The van der Waals surface area contributed by atoms with Crippen LogP contribution in [0.5, 0.6) is 0 Å². The summed E-state index contributed by atoms with van der Waals surface area (Å²) in [7, 11) is 1.69. The maximum atomic E-state index is 5.13. The van der Waals surface area contributed by atoms with Crippen molar-refractivity contribution in [1.29, 1.82) is 0 Å². The summed E-state index contributed by atoms with van der Waals surface area (Å²) < 4.78 is 6.06. The second-order valence-corrected chi connectivity index (χ2v) is 3.28. The molecule has 0 amide bonds. The summed E-state index contributed by atoms with van der Waals surface area (Å²) in [5.41, 5.74) is 1.27. The predicted octanol–water partition coefficient (Wildman–Crippen LogP) is 2.11. The molecule has 1 aromatic carbocycles. The minimum absolute atomic E-state index is 0.330. The molecule has 0 fully saturated rings. The van der Waals surface area contributed by atoms with Gasteiger partial charge in [-0.3, -0.25) is 0 Å². The molecule has 0 radical (unpaired) electrons. The normalized spacial score (nSPS) is 12.5. The van der Waals surface area contributed by atoms with E-state index in [9.17, 15) is 0 Å². The third-order valence-corrected chi connectivity index (χ3v) is 2.67. The van der Waals surface area contributed by atoms with Gasteiger partial charge in [0.15, 0.2) is 0 Å². The standard InChI is InChI=1S/C10H12O.Cr/c1-9(8-11-2)10-6-4-3-5-7-10;/h3-7,9H,1-2H3;. The summed E-state index contributed by atoms with van der Waals surface area (Å²) in [5, 5.41) is 0. The summed E-state index contributed by atoms with van der Waals surface area (Å²) in [4.78, 5) is 0. The average Bonchev–Trinajstić information content (AvgIpc) is 2.17. The SMILES string of the molecule is CO[C](=[Cr])C(C)c1ccccc1. The zero-order chi connectivity index (χ0) is 8.97. The molecule has 2 heteroatoms. The van der Waals surface area contributed by atoms with Crippen molar-refractivity contribution in [3.05, 3.63) is 35.9 Å². The molecule has 1 rings (SSSR count). The first-order valence-electron chi connectivity index (χ1n) is 3.88. The fraction of sp³-hybridized carbons (Fsp3) is 0.300. The van der Waals surface area contributed by atoms with E-state index in [1.54, 1.807) is 7.11 Å². The summed E-state index contributed by atoms with van der Waals surface area (Å²) in [6.45, 7) is 2.12. The van der Waals surface area contributed by atoms with E-state index < -0.39 is 0 Å². The summed E-state index contributed by atoms with van der Waals surface area (Å²) >= 11 is 2.92. The number of methoxy groups -OCH3 is 1. The average molecular weight is 200 g/mol. The molecule has 0 heterocycles. The van der Waals surface area contributed by atoms with Gasteiger partial charge in [0.25, 0.3) is 0 Å². The maximum absolute atomic E-state index is 5.13. The third-order valence-electron chi connectivity index (χ3n) is 1.85. The molecule has 0 aromatic heterocycles. The van der Waals surface area contributed by atoms with Crippen molar-refractivity contribution in [3.63, 3.8) is 0 Å². The van der Waals surface area contributed by atoms with Gasteiger partial charge >= 0.3 is 81.0 Å². The van der Waals surface area contributed by atoms with Gasteiger partial charge < -0.3 is 0 Å². The number of hydrogen-bond donors (Lipinski definition) is 0. The van der Waals surface area contributed by atoms with Crippen LogP contribution < -0.4 is 0 Å². The van der Waals surface area contributed by atoms with E-state index in [1.165, 1.54) is 5.56 Å². The number of ether oxygens (including phenoxy) is 1. The van der Waals surface area contributed by atoms with E-state index in [-0.39, 0.29) is 0 Å². The van der Waals surface area contributed by atoms with Gasteiger partial charge in [-0.15, -0.1) is 0 Å².